The summed E-state index contributed by atoms with van der Waals surface area (Å²) in [7, 11) is 1.84. The highest BCUT2D eigenvalue weighted by molar-refractivity contribution is 6.32. The summed E-state index contributed by atoms with van der Waals surface area (Å²) in [6.07, 6.45) is 0.198. The van der Waals surface area contributed by atoms with Crippen LogP contribution in [0.4, 0.5) is 5.69 Å². The van der Waals surface area contributed by atoms with E-state index in [0.717, 1.165) is 11.4 Å². The van der Waals surface area contributed by atoms with Crippen molar-refractivity contribution in [1.82, 2.24) is 0 Å². The Hall–Kier alpha value is -1.09. The van der Waals surface area contributed by atoms with Crippen molar-refractivity contribution in [2.24, 2.45) is 0 Å². The highest BCUT2D eigenvalue weighted by atomic mass is 35.5. The van der Waals surface area contributed by atoms with Crippen molar-refractivity contribution in [3.05, 3.63) is 17.2 Å². The number of anilines is 1. The predicted molar refractivity (Wildman–Crippen MR) is 72.5 cm³/mol. The molecule has 17 heavy (non-hydrogen) atoms. The molecule has 1 N–H and O–H groups in total. The first-order chi connectivity index (χ1) is 7.93. The Labute approximate surface area is 108 Å². The van der Waals surface area contributed by atoms with Crippen LogP contribution >= 0.6 is 11.6 Å². The van der Waals surface area contributed by atoms with E-state index in [2.05, 4.69) is 5.32 Å². The zero-order chi connectivity index (χ0) is 13.0. The molecule has 0 bridgehead atoms. The minimum Gasteiger partial charge on any atom is -0.489 e. The van der Waals surface area contributed by atoms with Crippen molar-refractivity contribution >= 4 is 17.3 Å². The minimum atomic E-state index is 0.0917. The highest BCUT2D eigenvalue weighted by Crippen LogP contribution is 2.36. The molecule has 1 aromatic rings. The molecule has 96 valence electrons. The van der Waals surface area contributed by atoms with Crippen molar-refractivity contribution < 1.29 is 9.47 Å². The minimum absolute atomic E-state index is 0.0917. The van der Waals surface area contributed by atoms with Crippen molar-refractivity contribution in [2.45, 2.75) is 39.9 Å². The molecule has 3 nitrogen and oxygen atoms in total. The van der Waals surface area contributed by atoms with E-state index >= 15 is 0 Å². The van der Waals surface area contributed by atoms with Gasteiger partial charge in [0, 0.05) is 19.2 Å². The molecule has 1 rings (SSSR count). The number of halogens is 1. The van der Waals surface area contributed by atoms with E-state index in [1.807, 2.05) is 40.8 Å². The molecule has 0 amide bonds. The van der Waals surface area contributed by atoms with Crippen LogP contribution in [0.25, 0.3) is 0 Å². The Morgan fingerprint density at radius 3 is 2.00 bits per heavy atom. The Morgan fingerprint density at radius 2 is 1.53 bits per heavy atom. The zero-order valence-corrected chi connectivity index (χ0v) is 11.8. The molecule has 0 fully saturated rings. The standard InChI is InChI=1S/C13H20ClNO2/c1-8(2)16-12-7-11(15-5)13(6-10(12)14)17-9(3)4/h6-9,15H,1-5H3. The highest BCUT2D eigenvalue weighted by Gasteiger charge is 2.12. The van der Waals surface area contributed by atoms with E-state index in [9.17, 15) is 0 Å². The lowest BCUT2D eigenvalue weighted by Crippen LogP contribution is -2.09. The maximum absolute atomic E-state index is 6.15. The van der Waals surface area contributed by atoms with Crippen LogP contribution in [0.2, 0.25) is 5.02 Å². The van der Waals surface area contributed by atoms with Crippen molar-refractivity contribution in [3.8, 4) is 11.5 Å². The fourth-order valence-corrected chi connectivity index (χ4v) is 1.62. The summed E-state index contributed by atoms with van der Waals surface area (Å²) in [6, 6.07) is 3.64. The van der Waals surface area contributed by atoms with Crippen LogP contribution < -0.4 is 14.8 Å². The molecule has 0 radical (unpaired) electrons. The van der Waals surface area contributed by atoms with Crippen LogP contribution in [0.15, 0.2) is 12.1 Å². The quantitative estimate of drug-likeness (QED) is 0.866. The van der Waals surface area contributed by atoms with Crippen molar-refractivity contribution in [3.63, 3.8) is 0 Å². The van der Waals surface area contributed by atoms with E-state index in [4.69, 9.17) is 21.1 Å². The molecule has 0 aromatic heterocycles. The van der Waals surface area contributed by atoms with E-state index < -0.39 is 0 Å². The molecule has 0 atom stereocenters. The Morgan fingerprint density at radius 1 is 1.00 bits per heavy atom. The molecular weight excluding hydrogens is 238 g/mol. The molecule has 0 spiro atoms. The number of hydrogen-bond donors (Lipinski definition) is 1. The Bertz CT molecular complexity index is 378. The van der Waals surface area contributed by atoms with Gasteiger partial charge in [0.1, 0.15) is 11.5 Å². The fraction of sp³-hybridized carbons (Fsp3) is 0.538. The molecule has 0 aliphatic rings. The number of ether oxygens (including phenoxy) is 2. The number of rotatable bonds is 5. The first-order valence-corrected chi connectivity index (χ1v) is 6.16. The van der Waals surface area contributed by atoms with Crippen molar-refractivity contribution in [1.29, 1.82) is 0 Å². The summed E-state index contributed by atoms with van der Waals surface area (Å²) >= 11 is 6.15. The van der Waals surface area contributed by atoms with Gasteiger partial charge in [-0.05, 0) is 27.7 Å². The van der Waals surface area contributed by atoms with Gasteiger partial charge in [0.2, 0.25) is 0 Å². The molecule has 4 heteroatoms. The normalized spacial score (nSPS) is 10.8. The molecule has 0 aliphatic carbocycles. The lowest BCUT2D eigenvalue weighted by atomic mass is 10.2. The fourth-order valence-electron chi connectivity index (χ4n) is 1.43. The van der Waals surface area contributed by atoms with E-state index in [1.54, 1.807) is 6.07 Å². The number of nitrogens with one attached hydrogen (secondary N) is 1. The third-order valence-corrected chi connectivity index (χ3v) is 2.32. The third kappa shape index (κ3) is 4.00. The van der Waals surface area contributed by atoms with Gasteiger partial charge in [-0.15, -0.1) is 0 Å². The summed E-state index contributed by atoms with van der Waals surface area (Å²) in [6.45, 7) is 7.89. The summed E-state index contributed by atoms with van der Waals surface area (Å²) in [5, 5.41) is 3.64. The van der Waals surface area contributed by atoms with Gasteiger partial charge < -0.3 is 14.8 Å². The van der Waals surface area contributed by atoms with Crippen LogP contribution in [0.1, 0.15) is 27.7 Å². The van der Waals surface area contributed by atoms with E-state index in [1.165, 1.54) is 0 Å². The molecular formula is C13H20ClNO2. The number of benzene rings is 1. The van der Waals surface area contributed by atoms with E-state index in [0.29, 0.717) is 10.8 Å². The molecule has 0 heterocycles. The van der Waals surface area contributed by atoms with Crippen LogP contribution in [0.5, 0.6) is 11.5 Å². The van der Waals surface area contributed by atoms with Gasteiger partial charge in [-0.2, -0.15) is 0 Å². The lowest BCUT2D eigenvalue weighted by Gasteiger charge is -2.18. The first kappa shape index (κ1) is 14.0. The topological polar surface area (TPSA) is 30.5 Å². The van der Waals surface area contributed by atoms with Crippen molar-refractivity contribution in [2.75, 3.05) is 12.4 Å². The van der Waals surface area contributed by atoms with Crippen LogP contribution in [-0.2, 0) is 0 Å². The van der Waals surface area contributed by atoms with Gasteiger partial charge in [-0.25, -0.2) is 0 Å². The largest absolute Gasteiger partial charge is 0.489 e. The molecule has 1 aromatic carbocycles. The van der Waals surface area contributed by atoms with Crippen LogP contribution in [0.3, 0.4) is 0 Å². The summed E-state index contributed by atoms with van der Waals surface area (Å²) in [5.41, 5.74) is 0.874. The van der Waals surface area contributed by atoms with Gasteiger partial charge >= 0.3 is 0 Å². The predicted octanol–water partition coefficient (Wildman–Crippen LogP) is 3.96. The molecule has 0 saturated carbocycles. The third-order valence-electron chi connectivity index (χ3n) is 2.03. The van der Waals surface area contributed by atoms with Crippen LogP contribution in [0, 0.1) is 0 Å². The average molecular weight is 258 g/mol. The SMILES string of the molecule is CNc1cc(OC(C)C)c(Cl)cc1OC(C)C. The summed E-state index contributed by atoms with van der Waals surface area (Å²) < 4.78 is 11.3. The number of hydrogen-bond acceptors (Lipinski definition) is 3. The molecule has 0 saturated heterocycles. The average Bonchev–Trinajstić information content (AvgIpc) is 2.20. The maximum atomic E-state index is 6.15. The van der Waals surface area contributed by atoms with Gasteiger partial charge in [-0.3, -0.25) is 0 Å². The first-order valence-electron chi connectivity index (χ1n) is 5.78. The molecule has 0 unspecified atom stereocenters. The van der Waals surface area contributed by atoms with Gasteiger partial charge in [0.15, 0.2) is 0 Å². The van der Waals surface area contributed by atoms with Crippen LogP contribution in [-0.4, -0.2) is 19.3 Å². The smallest absolute Gasteiger partial charge is 0.144 e. The monoisotopic (exact) mass is 257 g/mol. The Balaban J connectivity index is 3.06. The summed E-state index contributed by atoms with van der Waals surface area (Å²) in [5.74, 6) is 1.41. The molecule has 0 aliphatic heterocycles. The Kier molecular flexibility index (Phi) is 4.94. The maximum Gasteiger partial charge on any atom is 0.144 e. The second-order valence-corrected chi connectivity index (χ2v) is 4.77. The second-order valence-electron chi connectivity index (χ2n) is 4.36. The van der Waals surface area contributed by atoms with Gasteiger partial charge in [0.05, 0.1) is 22.9 Å². The van der Waals surface area contributed by atoms with E-state index in [-0.39, 0.29) is 12.2 Å². The second kappa shape index (κ2) is 6.01. The zero-order valence-electron chi connectivity index (χ0n) is 11.0. The van der Waals surface area contributed by atoms with Gasteiger partial charge in [-0.1, -0.05) is 11.6 Å². The van der Waals surface area contributed by atoms with Gasteiger partial charge in [0.25, 0.3) is 0 Å². The summed E-state index contributed by atoms with van der Waals surface area (Å²) in [4.78, 5) is 0. The lowest BCUT2D eigenvalue weighted by molar-refractivity contribution is 0.236.